The Hall–Kier alpha value is -2.36. The van der Waals surface area contributed by atoms with Crippen molar-refractivity contribution in [3.8, 4) is 0 Å². The standard InChI is InChI=1S/C21H25F2N3O3S/c1-16-3-2-4-17(13-16)15-26(10-7-21(27)25-11-8-24-9-12-25)30(28,29)18-5-6-19(22)20(23)14-18/h2-6,13-14,24H,7-12,15H2,1H3. The highest BCUT2D eigenvalue weighted by atomic mass is 32.2. The second-order valence-corrected chi connectivity index (χ2v) is 9.22. The number of carbonyl (C=O) groups excluding carboxylic acids is 1. The largest absolute Gasteiger partial charge is 0.340 e. The summed E-state index contributed by atoms with van der Waals surface area (Å²) in [6.07, 6.45) is 0.00865. The van der Waals surface area contributed by atoms with E-state index < -0.39 is 21.7 Å². The zero-order valence-electron chi connectivity index (χ0n) is 16.8. The van der Waals surface area contributed by atoms with Gasteiger partial charge in [-0.25, -0.2) is 17.2 Å². The van der Waals surface area contributed by atoms with Gasteiger partial charge >= 0.3 is 0 Å². The molecule has 2 aromatic rings. The van der Waals surface area contributed by atoms with Gasteiger partial charge in [0.15, 0.2) is 11.6 Å². The molecule has 6 nitrogen and oxygen atoms in total. The number of nitrogens with one attached hydrogen (secondary N) is 1. The van der Waals surface area contributed by atoms with Crippen LogP contribution in [-0.2, 0) is 21.4 Å². The molecule has 0 saturated carbocycles. The van der Waals surface area contributed by atoms with Crippen molar-refractivity contribution in [3.63, 3.8) is 0 Å². The number of hydrogen-bond donors (Lipinski definition) is 1. The van der Waals surface area contributed by atoms with Crippen LogP contribution in [0.3, 0.4) is 0 Å². The molecule has 1 aliphatic rings. The van der Waals surface area contributed by atoms with E-state index in [-0.39, 0.29) is 30.3 Å². The summed E-state index contributed by atoms with van der Waals surface area (Å²) in [4.78, 5) is 13.9. The Bertz CT molecular complexity index is 1010. The van der Waals surface area contributed by atoms with E-state index in [1.54, 1.807) is 11.0 Å². The lowest BCUT2D eigenvalue weighted by molar-refractivity contribution is -0.131. The first-order valence-corrected chi connectivity index (χ1v) is 11.2. The monoisotopic (exact) mass is 437 g/mol. The molecule has 0 atom stereocenters. The van der Waals surface area contributed by atoms with E-state index in [0.29, 0.717) is 32.2 Å². The zero-order valence-corrected chi connectivity index (χ0v) is 17.6. The Labute approximate surface area is 175 Å². The van der Waals surface area contributed by atoms with Gasteiger partial charge in [-0.1, -0.05) is 29.8 Å². The van der Waals surface area contributed by atoms with Crippen molar-refractivity contribution < 1.29 is 22.0 Å². The van der Waals surface area contributed by atoms with Gasteiger partial charge in [-0.2, -0.15) is 4.31 Å². The molecular weight excluding hydrogens is 412 g/mol. The van der Waals surface area contributed by atoms with Crippen molar-refractivity contribution in [2.75, 3.05) is 32.7 Å². The topological polar surface area (TPSA) is 69.7 Å². The Morgan fingerprint density at radius 3 is 2.50 bits per heavy atom. The van der Waals surface area contributed by atoms with E-state index in [1.807, 2.05) is 25.1 Å². The van der Waals surface area contributed by atoms with Crippen LogP contribution < -0.4 is 5.32 Å². The summed E-state index contributed by atoms with van der Waals surface area (Å²) in [6, 6.07) is 9.86. The first-order chi connectivity index (χ1) is 14.3. The lowest BCUT2D eigenvalue weighted by Crippen LogP contribution is -2.47. The van der Waals surface area contributed by atoms with Gasteiger partial charge in [0.2, 0.25) is 15.9 Å². The smallest absolute Gasteiger partial charge is 0.243 e. The lowest BCUT2D eigenvalue weighted by Gasteiger charge is -2.29. The molecule has 30 heavy (non-hydrogen) atoms. The Morgan fingerprint density at radius 2 is 1.83 bits per heavy atom. The fourth-order valence-electron chi connectivity index (χ4n) is 3.38. The molecule has 1 fully saturated rings. The van der Waals surface area contributed by atoms with Crippen molar-refractivity contribution in [3.05, 3.63) is 65.2 Å². The molecule has 1 heterocycles. The van der Waals surface area contributed by atoms with E-state index in [9.17, 15) is 22.0 Å². The molecular formula is C21H25F2N3O3S. The van der Waals surface area contributed by atoms with E-state index >= 15 is 0 Å². The SMILES string of the molecule is Cc1cccc(CN(CCC(=O)N2CCNCC2)S(=O)(=O)c2ccc(F)c(F)c2)c1. The number of piperazine rings is 1. The summed E-state index contributed by atoms with van der Waals surface area (Å²) in [5.74, 6) is -2.48. The molecule has 1 aliphatic heterocycles. The van der Waals surface area contributed by atoms with Crippen molar-refractivity contribution in [2.45, 2.75) is 24.8 Å². The molecule has 0 aromatic heterocycles. The molecule has 1 saturated heterocycles. The third-order valence-electron chi connectivity index (χ3n) is 5.02. The van der Waals surface area contributed by atoms with Crippen molar-refractivity contribution in [2.24, 2.45) is 0 Å². The van der Waals surface area contributed by atoms with Crippen LogP contribution in [0.25, 0.3) is 0 Å². The predicted octanol–water partition coefficient (Wildman–Crippen LogP) is 2.29. The highest BCUT2D eigenvalue weighted by molar-refractivity contribution is 7.89. The lowest BCUT2D eigenvalue weighted by atomic mass is 10.1. The molecule has 0 spiro atoms. The quantitative estimate of drug-likeness (QED) is 0.722. The highest BCUT2D eigenvalue weighted by Crippen LogP contribution is 2.21. The van der Waals surface area contributed by atoms with Crippen LogP contribution in [0.1, 0.15) is 17.5 Å². The number of aryl methyl sites for hydroxylation is 1. The second kappa shape index (κ2) is 9.63. The van der Waals surface area contributed by atoms with Crippen LogP contribution in [0, 0.1) is 18.6 Å². The van der Waals surface area contributed by atoms with E-state index in [1.165, 1.54) is 0 Å². The van der Waals surface area contributed by atoms with Crippen LogP contribution in [0.4, 0.5) is 8.78 Å². The number of benzene rings is 2. The number of nitrogens with zero attached hydrogens (tertiary/aromatic N) is 2. The molecule has 0 unspecified atom stereocenters. The van der Waals surface area contributed by atoms with Crippen LogP contribution in [0.2, 0.25) is 0 Å². The molecule has 2 aromatic carbocycles. The van der Waals surface area contributed by atoms with E-state index in [0.717, 1.165) is 27.6 Å². The summed E-state index contributed by atoms with van der Waals surface area (Å²) in [6.45, 7) is 4.42. The minimum atomic E-state index is -4.13. The number of hydrogen-bond acceptors (Lipinski definition) is 4. The number of carbonyl (C=O) groups is 1. The Kier molecular flexibility index (Phi) is 7.17. The Balaban J connectivity index is 1.84. The van der Waals surface area contributed by atoms with Crippen LogP contribution in [-0.4, -0.2) is 56.3 Å². The Morgan fingerprint density at radius 1 is 1.10 bits per heavy atom. The van der Waals surface area contributed by atoms with Gasteiger partial charge in [0.25, 0.3) is 0 Å². The van der Waals surface area contributed by atoms with Gasteiger partial charge in [-0.15, -0.1) is 0 Å². The molecule has 9 heteroatoms. The molecule has 0 aliphatic carbocycles. The van der Waals surface area contributed by atoms with Crippen LogP contribution in [0.5, 0.6) is 0 Å². The third-order valence-corrected chi connectivity index (χ3v) is 6.86. The number of amides is 1. The number of halogens is 2. The fourth-order valence-corrected chi connectivity index (χ4v) is 4.82. The summed E-state index contributed by atoms with van der Waals surface area (Å²) < 4.78 is 54.5. The van der Waals surface area contributed by atoms with Crippen molar-refractivity contribution >= 4 is 15.9 Å². The first kappa shape index (κ1) is 22.3. The summed E-state index contributed by atoms with van der Waals surface area (Å²) >= 11 is 0. The molecule has 3 rings (SSSR count). The minimum Gasteiger partial charge on any atom is -0.340 e. The normalized spacial score (nSPS) is 14.9. The number of rotatable bonds is 7. The molecule has 1 N–H and O–H groups in total. The second-order valence-electron chi connectivity index (χ2n) is 7.28. The summed E-state index contributed by atoms with van der Waals surface area (Å²) in [5, 5.41) is 3.16. The molecule has 162 valence electrons. The van der Waals surface area contributed by atoms with Gasteiger partial charge in [-0.05, 0) is 30.7 Å². The average Bonchev–Trinajstić information content (AvgIpc) is 2.73. The maximum atomic E-state index is 13.7. The minimum absolute atomic E-state index is 0.00865. The zero-order chi connectivity index (χ0) is 21.7. The third kappa shape index (κ3) is 5.41. The van der Waals surface area contributed by atoms with E-state index in [2.05, 4.69) is 5.32 Å². The number of sulfonamides is 1. The summed E-state index contributed by atoms with van der Waals surface area (Å²) in [7, 11) is -4.13. The molecule has 0 radical (unpaired) electrons. The van der Waals surface area contributed by atoms with Gasteiger partial charge in [0.05, 0.1) is 4.90 Å². The average molecular weight is 438 g/mol. The first-order valence-electron chi connectivity index (χ1n) is 9.76. The van der Waals surface area contributed by atoms with Gasteiger partial charge < -0.3 is 10.2 Å². The van der Waals surface area contributed by atoms with E-state index in [4.69, 9.17) is 0 Å². The molecule has 0 bridgehead atoms. The predicted molar refractivity (Wildman–Crippen MR) is 109 cm³/mol. The highest BCUT2D eigenvalue weighted by Gasteiger charge is 2.27. The van der Waals surface area contributed by atoms with Crippen molar-refractivity contribution in [1.29, 1.82) is 0 Å². The summed E-state index contributed by atoms with van der Waals surface area (Å²) in [5.41, 5.74) is 1.71. The fraction of sp³-hybridized carbons (Fsp3) is 0.381. The van der Waals surface area contributed by atoms with Crippen molar-refractivity contribution in [1.82, 2.24) is 14.5 Å². The van der Waals surface area contributed by atoms with Crippen LogP contribution in [0.15, 0.2) is 47.4 Å². The van der Waals surface area contributed by atoms with Gasteiger partial charge in [0.1, 0.15) is 0 Å². The van der Waals surface area contributed by atoms with Crippen LogP contribution >= 0.6 is 0 Å². The maximum Gasteiger partial charge on any atom is 0.243 e. The molecule has 1 amide bonds. The van der Waals surface area contributed by atoms with Gasteiger partial charge in [0, 0.05) is 45.7 Å². The van der Waals surface area contributed by atoms with Gasteiger partial charge in [-0.3, -0.25) is 4.79 Å². The maximum absolute atomic E-state index is 13.7.